The molecule has 0 bridgehead atoms. The van der Waals surface area contributed by atoms with Crippen molar-refractivity contribution in [3.05, 3.63) is 28.3 Å². The van der Waals surface area contributed by atoms with E-state index in [0.29, 0.717) is 13.2 Å². The van der Waals surface area contributed by atoms with Crippen LogP contribution in [0.25, 0.3) is 0 Å². The molecule has 0 radical (unpaired) electrons. The number of rotatable bonds is 8. The molecule has 0 spiro atoms. The predicted octanol–water partition coefficient (Wildman–Crippen LogP) is 2.59. The first-order valence-electron chi connectivity index (χ1n) is 8.51. The molecule has 1 aliphatic heterocycles. The summed E-state index contributed by atoms with van der Waals surface area (Å²) in [7, 11) is -3.90. The number of unbranched alkanes of at least 4 members (excludes halogenated alkanes) is 1. The van der Waals surface area contributed by atoms with Gasteiger partial charge in [-0.05, 0) is 25.8 Å². The highest BCUT2D eigenvalue weighted by atomic mass is 32.2. The lowest BCUT2D eigenvalue weighted by molar-refractivity contribution is -0.385. The summed E-state index contributed by atoms with van der Waals surface area (Å²) >= 11 is 0. The second kappa shape index (κ2) is 9.06. The van der Waals surface area contributed by atoms with Crippen LogP contribution in [0.2, 0.25) is 0 Å². The van der Waals surface area contributed by atoms with E-state index in [0.717, 1.165) is 31.0 Å². The number of hydrazone groups is 1. The zero-order chi connectivity index (χ0) is 19.2. The highest BCUT2D eigenvalue weighted by molar-refractivity contribution is 7.89. The Bertz CT molecular complexity index is 773. The van der Waals surface area contributed by atoms with Crippen LogP contribution in [0, 0.1) is 10.1 Å². The van der Waals surface area contributed by atoms with Crippen LogP contribution in [-0.4, -0.2) is 49.7 Å². The molecule has 1 aromatic carbocycles. The SMILES string of the molecule is CCCC/C(C)=N\Nc1ccc([N+](=O)[O-])cc1S(=O)(=O)N1CCOCC1. The van der Waals surface area contributed by atoms with Gasteiger partial charge in [-0.25, -0.2) is 8.42 Å². The first-order valence-corrected chi connectivity index (χ1v) is 9.95. The second-order valence-electron chi connectivity index (χ2n) is 6.02. The van der Waals surface area contributed by atoms with Gasteiger partial charge in [0, 0.05) is 30.9 Å². The van der Waals surface area contributed by atoms with E-state index in [9.17, 15) is 18.5 Å². The van der Waals surface area contributed by atoms with Crippen LogP contribution in [0.5, 0.6) is 0 Å². The van der Waals surface area contributed by atoms with E-state index in [1.54, 1.807) is 0 Å². The smallest absolute Gasteiger partial charge is 0.270 e. The molecule has 0 aromatic heterocycles. The number of ether oxygens (including phenoxy) is 1. The highest BCUT2D eigenvalue weighted by Crippen LogP contribution is 2.29. The molecule has 144 valence electrons. The number of nitro benzene ring substituents is 1. The van der Waals surface area contributed by atoms with Gasteiger partial charge in [0.05, 0.1) is 23.8 Å². The van der Waals surface area contributed by atoms with Crippen molar-refractivity contribution in [3.63, 3.8) is 0 Å². The van der Waals surface area contributed by atoms with Crippen molar-refractivity contribution in [3.8, 4) is 0 Å². The summed E-state index contributed by atoms with van der Waals surface area (Å²) in [5, 5.41) is 15.3. The van der Waals surface area contributed by atoms with Gasteiger partial charge in [0.2, 0.25) is 10.0 Å². The van der Waals surface area contributed by atoms with E-state index >= 15 is 0 Å². The number of benzene rings is 1. The number of hydrogen-bond acceptors (Lipinski definition) is 7. The standard InChI is InChI=1S/C16H24N4O5S/c1-3-4-5-13(2)17-18-15-7-6-14(20(21)22)12-16(15)26(23,24)19-8-10-25-11-9-19/h6-7,12,18H,3-5,8-11H2,1-2H3/b17-13-. The molecule has 1 aliphatic rings. The molecule has 1 heterocycles. The van der Waals surface area contributed by atoms with Gasteiger partial charge in [-0.2, -0.15) is 9.41 Å². The van der Waals surface area contributed by atoms with Gasteiger partial charge in [0.25, 0.3) is 5.69 Å². The maximum atomic E-state index is 13.0. The molecular weight excluding hydrogens is 360 g/mol. The summed E-state index contributed by atoms with van der Waals surface area (Å²) in [6.07, 6.45) is 2.80. The van der Waals surface area contributed by atoms with Crippen LogP contribution in [-0.2, 0) is 14.8 Å². The van der Waals surface area contributed by atoms with Gasteiger partial charge < -0.3 is 4.74 Å². The molecule has 0 amide bonds. The lowest BCUT2D eigenvalue weighted by Gasteiger charge is -2.26. The van der Waals surface area contributed by atoms with Crippen molar-refractivity contribution in [1.29, 1.82) is 0 Å². The van der Waals surface area contributed by atoms with Crippen molar-refractivity contribution in [2.24, 2.45) is 5.10 Å². The van der Waals surface area contributed by atoms with Crippen molar-refractivity contribution < 1.29 is 18.1 Å². The van der Waals surface area contributed by atoms with E-state index < -0.39 is 14.9 Å². The molecule has 1 N–H and O–H groups in total. The van der Waals surface area contributed by atoms with Crippen molar-refractivity contribution in [1.82, 2.24) is 4.31 Å². The Balaban J connectivity index is 2.37. The molecule has 0 saturated carbocycles. The van der Waals surface area contributed by atoms with Crippen LogP contribution in [0.3, 0.4) is 0 Å². The van der Waals surface area contributed by atoms with Crippen LogP contribution < -0.4 is 5.43 Å². The largest absolute Gasteiger partial charge is 0.379 e. The fourth-order valence-corrected chi connectivity index (χ4v) is 4.07. The van der Waals surface area contributed by atoms with E-state index in [4.69, 9.17) is 4.74 Å². The topological polar surface area (TPSA) is 114 Å². The molecule has 1 fully saturated rings. The van der Waals surface area contributed by atoms with Gasteiger partial charge in [-0.15, -0.1) is 0 Å². The Morgan fingerprint density at radius 1 is 1.38 bits per heavy atom. The third kappa shape index (κ3) is 4.99. The highest BCUT2D eigenvalue weighted by Gasteiger charge is 2.30. The lowest BCUT2D eigenvalue weighted by Crippen LogP contribution is -2.40. The number of sulfonamides is 1. The minimum atomic E-state index is -3.90. The zero-order valence-electron chi connectivity index (χ0n) is 15.0. The number of nitrogens with zero attached hydrogens (tertiary/aromatic N) is 3. The fourth-order valence-electron chi connectivity index (χ4n) is 2.50. The average Bonchev–Trinajstić information content (AvgIpc) is 2.65. The molecule has 0 atom stereocenters. The molecule has 1 saturated heterocycles. The fraction of sp³-hybridized carbons (Fsp3) is 0.562. The third-order valence-corrected chi connectivity index (χ3v) is 5.96. The van der Waals surface area contributed by atoms with Crippen molar-refractivity contribution in [2.45, 2.75) is 38.0 Å². The van der Waals surface area contributed by atoms with Crippen LogP contribution in [0.1, 0.15) is 33.1 Å². The molecule has 0 unspecified atom stereocenters. The Morgan fingerprint density at radius 3 is 2.69 bits per heavy atom. The molecule has 10 heteroatoms. The van der Waals surface area contributed by atoms with Crippen LogP contribution in [0.15, 0.2) is 28.2 Å². The van der Waals surface area contributed by atoms with Gasteiger partial charge in [-0.3, -0.25) is 15.5 Å². The predicted molar refractivity (Wildman–Crippen MR) is 98.9 cm³/mol. The molecular formula is C16H24N4O5S. The Morgan fingerprint density at radius 2 is 2.08 bits per heavy atom. The minimum absolute atomic E-state index is 0.152. The monoisotopic (exact) mass is 384 g/mol. The van der Waals surface area contributed by atoms with Gasteiger partial charge >= 0.3 is 0 Å². The van der Waals surface area contributed by atoms with E-state index in [1.165, 1.54) is 16.4 Å². The quantitative estimate of drug-likeness (QED) is 0.418. The summed E-state index contributed by atoms with van der Waals surface area (Å²) in [6, 6.07) is 3.71. The molecule has 1 aromatic rings. The third-order valence-electron chi connectivity index (χ3n) is 4.02. The molecule has 2 rings (SSSR count). The molecule has 0 aliphatic carbocycles. The van der Waals surface area contributed by atoms with Crippen LogP contribution >= 0.6 is 0 Å². The van der Waals surface area contributed by atoms with Crippen molar-refractivity contribution in [2.75, 3.05) is 31.7 Å². The first kappa shape index (κ1) is 20.3. The maximum absolute atomic E-state index is 13.0. The Kier molecular flexibility index (Phi) is 7.06. The lowest BCUT2D eigenvalue weighted by atomic mass is 10.2. The molecule has 26 heavy (non-hydrogen) atoms. The Labute approximate surface area is 153 Å². The second-order valence-corrected chi connectivity index (χ2v) is 7.92. The number of nitrogens with one attached hydrogen (secondary N) is 1. The summed E-state index contributed by atoms with van der Waals surface area (Å²) in [6.45, 7) is 4.94. The first-order chi connectivity index (χ1) is 12.4. The van der Waals surface area contributed by atoms with E-state index in [1.807, 2.05) is 6.92 Å². The number of non-ortho nitro benzene ring substituents is 1. The summed E-state index contributed by atoms with van der Waals surface area (Å²) < 4.78 is 32.4. The maximum Gasteiger partial charge on any atom is 0.270 e. The van der Waals surface area contributed by atoms with Crippen molar-refractivity contribution >= 4 is 27.1 Å². The number of anilines is 1. The normalized spacial score (nSPS) is 16.5. The number of nitro groups is 1. The average molecular weight is 384 g/mol. The number of hydrogen-bond donors (Lipinski definition) is 1. The van der Waals surface area contributed by atoms with E-state index in [2.05, 4.69) is 17.5 Å². The summed E-state index contributed by atoms with van der Waals surface area (Å²) in [4.78, 5) is 10.3. The Hall–Kier alpha value is -2.04. The molecule has 9 nitrogen and oxygen atoms in total. The zero-order valence-corrected chi connectivity index (χ0v) is 15.8. The van der Waals surface area contributed by atoms with Gasteiger partial charge in [-0.1, -0.05) is 13.3 Å². The van der Waals surface area contributed by atoms with E-state index in [-0.39, 0.29) is 29.4 Å². The van der Waals surface area contributed by atoms with Gasteiger partial charge in [0.15, 0.2) is 0 Å². The van der Waals surface area contributed by atoms with Crippen LogP contribution in [0.4, 0.5) is 11.4 Å². The number of morpholine rings is 1. The summed E-state index contributed by atoms with van der Waals surface area (Å²) in [5.41, 5.74) is 3.53. The van der Waals surface area contributed by atoms with Gasteiger partial charge in [0.1, 0.15) is 4.90 Å². The summed E-state index contributed by atoms with van der Waals surface area (Å²) in [5.74, 6) is 0. The minimum Gasteiger partial charge on any atom is -0.379 e.